The molecule has 1 unspecified atom stereocenters. The number of hydrogen-bond acceptors (Lipinski definition) is 5. The Morgan fingerprint density at radius 3 is 2.68 bits per heavy atom. The molecule has 28 heavy (non-hydrogen) atoms. The number of pyridine rings is 1. The van der Waals surface area contributed by atoms with Gasteiger partial charge in [-0.25, -0.2) is 8.78 Å². The van der Waals surface area contributed by atoms with Crippen LogP contribution in [0, 0.1) is 11.6 Å². The molecule has 1 atom stereocenters. The zero-order valence-corrected chi connectivity index (χ0v) is 15.9. The smallest absolute Gasteiger partial charge is 0.254 e. The third-order valence-corrected chi connectivity index (χ3v) is 4.61. The molecule has 1 aromatic heterocycles. The summed E-state index contributed by atoms with van der Waals surface area (Å²) < 4.78 is 38.1. The number of nitrogens with one attached hydrogen (secondary N) is 1. The van der Waals surface area contributed by atoms with Gasteiger partial charge in [0.05, 0.1) is 19.7 Å². The molecule has 0 radical (unpaired) electrons. The standard InChI is InChI=1S/C20H23F2N3O3/c1-25(20(26)17-4-3-9-23-17)11-14-10-16(22)19(24-18(14)27-2)28-12-13-5-7-15(21)8-6-13/h5-8,10,17,23H,3-4,9,11-12H2,1-2H3. The number of aromatic nitrogens is 1. The van der Waals surface area contributed by atoms with Gasteiger partial charge in [-0.15, -0.1) is 0 Å². The van der Waals surface area contributed by atoms with Gasteiger partial charge in [-0.3, -0.25) is 4.79 Å². The van der Waals surface area contributed by atoms with E-state index in [2.05, 4.69) is 10.3 Å². The van der Waals surface area contributed by atoms with Crippen molar-refractivity contribution >= 4 is 5.91 Å². The Morgan fingerprint density at radius 2 is 2.04 bits per heavy atom. The molecule has 1 aromatic carbocycles. The maximum atomic E-state index is 14.5. The van der Waals surface area contributed by atoms with Crippen molar-refractivity contribution < 1.29 is 23.0 Å². The molecular weight excluding hydrogens is 368 g/mol. The summed E-state index contributed by atoms with van der Waals surface area (Å²) in [7, 11) is 3.09. The van der Waals surface area contributed by atoms with E-state index in [1.165, 1.54) is 30.2 Å². The van der Waals surface area contributed by atoms with Gasteiger partial charge in [0.1, 0.15) is 12.4 Å². The molecule has 3 rings (SSSR count). The van der Waals surface area contributed by atoms with E-state index in [9.17, 15) is 13.6 Å². The molecule has 0 saturated carbocycles. The predicted octanol–water partition coefficient (Wildman–Crippen LogP) is 2.66. The van der Waals surface area contributed by atoms with Crippen molar-refractivity contribution in [3.05, 3.63) is 53.1 Å². The largest absolute Gasteiger partial charge is 0.481 e. The van der Waals surface area contributed by atoms with E-state index in [-0.39, 0.29) is 42.7 Å². The van der Waals surface area contributed by atoms with Crippen molar-refractivity contribution in [2.24, 2.45) is 0 Å². The first kappa shape index (κ1) is 20.0. The second-order valence-corrected chi connectivity index (χ2v) is 6.70. The van der Waals surface area contributed by atoms with E-state index in [1.54, 1.807) is 19.2 Å². The fourth-order valence-corrected chi connectivity index (χ4v) is 3.11. The fourth-order valence-electron chi connectivity index (χ4n) is 3.11. The van der Waals surface area contributed by atoms with Gasteiger partial charge in [-0.2, -0.15) is 4.98 Å². The molecule has 1 aliphatic heterocycles. The molecule has 2 aromatic rings. The number of ether oxygens (including phenoxy) is 2. The van der Waals surface area contributed by atoms with E-state index in [4.69, 9.17) is 9.47 Å². The molecule has 1 aliphatic rings. The summed E-state index contributed by atoms with van der Waals surface area (Å²) in [5.74, 6) is -1.08. The normalized spacial score (nSPS) is 16.1. The first-order valence-electron chi connectivity index (χ1n) is 9.07. The first-order chi connectivity index (χ1) is 13.5. The van der Waals surface area contributed by atoms with Crippen molar-refractivity contribution in [1.82, 2.24) is 15.2 Å². The van der Waals surface area contributed by atoms with Crippen molar-refractivity contribution in [3.63, 3.8) is 0 Å². The zero-order chi connectivity index (χ0) is 20.1. The summed E-state index contributed by atoms with van der Waals surface area (Å²) >= 11 is 0. The quantitative estimate of drug-likeness (QED) is 0.786. The van der Waals surface area contributed by atoms with Gasteiger partial charge in [-0.05, 0) is 43.1 Å². The monoisotopic (exact) mass is 391 g/mol. The summed E-state index contributed by atoms with van der Waals surface area (Å²) in [5, 5.41) is 3.15. The van der Waals surface area contributed by atoms with Crippen molar-refractivity contribution in [3.8, 4) is 11.8 Å². The van der Waals surface area contributed by atoms with Crippen LogP contribution in [-0.2, 0) is 17.9 Å². The number of methoxy groups -OCH3 is 1. The van der Waals surface area contributed by atoms with E-state index >= 15 is 0 Å². The van der Waals surface area contributed by atoms with Gasteiger partial charge >= 0.3 is 0 Å². The molecule has 0 bridgehead atoms. The van der Waals surface area contributed by atoms with Crippen LogP contribution >= 0.6 is 0 Å². The van der Waals surface area contributed by atoms with E-state index in [1.807, 2.05) is 0 Å². The summed E-state index contributed by atoms with van der Waals surface area (Å²) in [6.07, 6.45) is 1.76. The lowest BCUT2D eigenvalue weighted by molar-refractivity contribution is -0.132. The molecule has 6 nitrogen and oxygen atoms in total. The number of rotatable bonds is 7. The number of hydrogen-bond donors (Lipinski definition) is 1. The summed E-state index contributed by atoms with van der Waals surface area (Å²) in [4.78, 5) is 18.1. The second kappa shape index (κ2) is 8.97. The molecule has 2 heterocycles. The highest BCUT2D eigenvalue weighted by atomic mass is 19.1. The van der Waals surface area contributed by atoms with Gasteiger partial charge < -0.3 is 19.7 Å². The number of halogens is 2. The van der Waals surface area contributed by atoms with Crippen molar-refractivity contribution in [2.75, 3.05) is 20.7 Å². The minimum atomic E-state index is -0.655. The average Bonchev–Trinajstić information content (AvgIpc) is 3.22. The molecule has 150 valence electrons. The highest BCUT2D eigenvalue weighted by Crippen LogP contribution is 2.26. The lowest BCUT2D eigenvalue weighted by Crippen LogP contribution is -2.41. The first-order valence-corrected chi connectivity index (χ1v) is 9.07. The summed E-state index contributed by atoms with van der Waals surface area (Å²) in [6.45, 7) is 1.03. The van der Waals surface area contributed by atoms with Crippen LogP contribution < -0.4 is 14.8 Å². The van der Waals surface area contributed by atoms with E-state index < -0.39 is 5.82 Å². The lowest BCUT2D eigenvalue weighted by Gasteiger charge is -2.22. The number of nitrogens with zero attached hydrogens (tertiary/aromatic N) is 2. The van der Waals surface area contributed by atoms with Crippen LogP contribution in [0.15, 0.2) is 30.3 Å². The van der Waals surface area contributed by atoms with E-state index in [0.29, 0.717) is 11.1 Å². The molecule has 0 aliphatic carbocycles. The SMILES string of the molecule is COc1nc(OCc2ccc(F)cc2)c(F)cc1CN(C)C(=O)C1CCCN1. The lowest BCUT2D eigenvalue weighted by atomic mass is 10.2. The van der Waals surface area contributed by atoms with Crippen LogP contribution in [0.25, 0.3) is 0 Å². The fraction of sp³-hybridized carbons (Fsp3) is 0.400. The molecule has 1 amide bonds. The number of likely N-dealkylation sites (N-methyl/N-ethyl adjacent to an activating group) is 1. The molecule has 1 saturated heterocycles. The van der Waals surface area contributed by atoms with Gasteiger partial charge in [0, 0.05) is 12.6 Å². The summed E-state index contributed by atoms with van der Waals surface area (Å²) in [6, 6.07) is 6.77. The van der Waals surface area contributed by atoms with Crippen LogP contribution in [-0.4, -0.2) is 42.5 Å². The minimum Gasteiger partial charge on any atom is -0.481 e. The zero-order valence-electron chi connectivity index (χ0n) is 15.9. The van der Waals surface area contributed by atoms with Crippen LogP contribution in [0.2, 0.25) is 0 Å². The second-order valence-electron chi connectivity index (χ2n) is 6.70. The maximum Gasteiger partial charge on any atom is 0.254 e. The van der Waals surface area contributed by atoms with Gasteiger partial charge in [0.15, 0.2) is 5.82 Å². The molecule has 0 spiro atoms. The topological polar surface area (TPSA) is 63.7 Å². The Bertz CT molecular complexity index is 824. The van der Waals surface area contributed by atoms with Gasteiger partial charge in [-0.1, -0.05) is 12.1 Å². The Labute approximate surface area is 162 Å². The molecular formula is C20H23F2N3O3. The predicted molar refractivity (Wildman–Crippen MR) is 99.0 cm³/mol. The number of carbonyl (C=O) groups excluding carboxylic acids is 1. The van der Waals surface area contributed by atoms with Crippen molar-refractivity contribution in [2.45, 2.75) is 32.0 Å². The Hall–Kier alpha value is -2.74. The van der Waals surface area contributed by atoms with Crippen LogP contribution in [0.1, 0.15) is 24.0 Å². The minimum absolute atomic E-state index is 0.0401. The number of benzene rings is 1. The third-order valence-electron chi connectivity index (χ3n) is 4.61. The van der Waals surface area contributed by atoms with Gasteiger partial charge in [0.2, 0.25) is 11.8 Å². The van der Waals surface area contributed by atoms with Crippen molar-refractivity contribution in [1.29, 1.82) is 0 Å². The summed E-state index contributed by atoms with van der Waals surface area (Å²) in [5.41, 5.74) is 1.13. The average molecular weight is 391 g/mol. The van der Waals surface area contributed by atoms with Crippen LogP contribution in [0.3, 0.4) is 0 Å². The third kappa shape index (κ3) is 4.75. The highest BCUT2D eigenvalue weighted by molar-refractivity contribution is 5.82. The van der Waals surface area contributed by atoms with Crippen LogP contribution in [0.4, 0.5) is 8.78 Å². The molecule has 1 N–H and O–H groups in total. The van der Waals surface area contributed by atoms with E-state index in [0.717, 1.165) is 19.4 Å². The molecule has 1 fully saturated rings. The highest BCUT2D eigenvalue weighted by Gasteiger charge is 2.26. The maximum absolute atomic E-state index is 14.5. The Kier molecular flexibility index (Phi) is 6.41. The molecule has 8 heteroatoms. The Balaban J connectivity index is 1.69. The number of carbonyl (C=O) groups is 1. The van der Waals surface area contributed by atoms with Gasteiger partial charge in [0.25, 0.3) is 5.88 Å². The number of amides is 1. The van der Waals surface area contributed by atoms with Crippen LogP contribution in [0.5, 0.6) is 11.8 Å². The Morgan fingerprint density at radius 1 is 1.29 bits per heavy atom.